The molecular weight excluding hydrogens is 442 g/mol. The molecule has 0 saturated heterocycles. The quantitative estimate of drug-likeness (QED) is 0.527. The predicted molar refractivity (Wildman–Crippen MR) is 135 cm³/mol. The van der Waals surface area contributed by atoms with Crippen molar-refractivity contribution in [2.45, 2.75) is 65.0 Å². The lowest BCUT2D eigenvalue weighted by molar-refractivity contribution is -0.141. The van der Waals surface area contributed by atoms with E-state index >= 15 is 0 Å². The van der Waals surface area contributed by atoms with Gasteiger partial charge in [-0.25, -0.2) is 0 Å². The summed E-state index contributed by atoms with van der Waals surface area (Å²) in [4.78, 5) is 54.5. The number of nitrogens with zero attached hydrogens (tertiary/aromatic N) is 2. The Morgan fingerprint density at radius 3 is 2.06 bits per heavy atom. The summed E-state index contributed by atoms with van der Waals surface area (Å²) in [5.74, 6) is -0.986. The van der Waals surface area contributed by atoms with Gasteiger partial charge in [-0.15, -0.1) is 0 Å². The maximum absolute atomic E-state index is 13.3. The average Bonchev–Trinajstić information content (AvgIpc) is 3.06. The van der Waals surface area contributed by atoms with Crippen LogP contribution in [0.15, 0.2) is 54.6 Å². The van der Waals surface area contributed by atoms with E-state index in [9.17, 15) is 19.2 Å². The molecule has 3 rings (SSSR count). The number of amides is 4. The first-order chi connectivity index (χ1) is 16.6. The van der Waals surface area contributed by atoms with Crippen molar-refractivity contribution < 1.29 is 19.2 Å². The minimum atomic E-state index is -0.593. The summed E-state index contributed by atoms with van der Waals surface area (Å²) in [7, 11) is 0. The van der Waals surface area contributed by atoms with Crippen LogP contribution < -0.4 is 5.32 Å². The van der Waals surface area contributed by atoms with Crippen LogP contribution >= 0.6 is 0 Å². The van der Waals surface area contributed by atoms with Crippen molar-refractivity contribution in [3.05, 3.63) is 71.3 Å². The second kappa shape index (κ2) is 11.3. The molecule has 0 unspecified atom stereocenters. The van der Waals surface area contributed by atoms with Crippen molar-refractivity contribution in [2.75, 3.05) is 13.1 Å². The molecular formula is C28H35N3O4. The molecule has 1 aliphatic rings. The van der Waals surface area contributed by atoms with Gasteiger partial charge in [-0.2, -0.15) is 0 Å². The lowest BCUT2D eigenvalue weighted by atomic mass is 10.0. The van der Waals surface area contributed by atoms with Crippen LogP contribution in [0.4, 0.5) is 0 Å². The standard InChI is InChI=1S/C28H35N3O4/c1-5-23(25(33)29-28(2,3)4)30(19-17-20-12-7-6-8-13-20)24(32)16-11-18-31-26(34)21-14-9-10-15-22(21)27(31)35/h6-10,12-15,23H,5,11,16-19H2,1-4H3,(H,29,33)/t23-/m0/s1. The predicted octanol–water partition coefficient (Wildman–Crippen LogP) is 3.83. The maximum atomic E-state index is 13.3. The van der Waals surface area contributed by atoms with Gasteiger partial charge in [0.15, 0.2) is 0 Å². The lowest BCUT2D eigenvalue weighted by Crippen LogP contribution is -2.54. The van der Waals surface area contributed by atoms with Crippen LogP contribution in [0.25, 0.3) is 0 Å². The van der Waals surface area contributed by atoms with E-state index in [1.807, 2.05) is 58.0 Å². The van der Waals surface area contributed by atoms with Crippen molar-refractivity contribution in [3.8, 4) is 0 Å². The third-order valence-corrected chi connectivity index (χ3v) is 6.02. The minimum Gasteiger partial charge on any atom is -0.350 e. The summed E-state index contributed by atoms with van der Waals surface area (Å²) in [5.41, 5.74) is 1.48. The largest absolute Gasteiger partial charge is 0.350 e. The van der Waals surface area contributed by atoms with Gasteiger partial charge in [0, 0.05) is 25.0 Å². The fourth-order valence-corrected chi connectivity index (χ4v) is 4.32. The van der Waals surface area contributed by atoms with E-state index in [-0.39, 0.29) is 36.6 Å². The van der Waals surface area contributed by atoms with Crippen molar-refractivity contribution in [3.63, 3.8) is 0 Å². The molecule has 1 heterocycles. The van der Waals surface area contributed by atoms with Crippen molar-refractivity contribution in [1.29, 1.82) is 0 Å². The van der Waals surface area contributed by atoms with Gasteiger partial charge in [0.2, 0.25) is 11.8 Å². The van der Waals surface area contributed by atoms with Gasteiger partial charge in [-0.05, 0) is 57.7 Å². The maximum Gasteiger partial charge on any atom is 0.261 e. The second-order valence-corrected chi connectivity index (χ2v) is 9.90. The molecule has 1 aliphatic heterocycles. The topological polar surface area (TPSA) is 86.8 Å². The lowest BCUT2D eigenvalue weighted by Gasteiger charge is -2.33. The molecule has 1 N–H and O–H groups in total. The SMILES string of the molecule is CC[C@@H](C(=O)NC(C)(C)C)N(CCc1ccccc1)C(=O)CCCN1C(=O)c2ccccc2C1=O. The minimum absolute atomic E-state index is 0.140. The highest BCUT2D eigenvalue weighted by Crippen LogP contribution is 2.23. The van der Waals surface area contributed by atoms with E-state index in [0.29, 0.717) is 36.9 Å². The van der Waals surface area contributed by atoms with E-state index < -0.39 is 11.6 Å². The molecule has 0 saturated carbocycles. The summed E-state index contributed by atoms with van der Waals surface area (Å²) in [6, 6.07) is 16.0. The van der Waals surface area contributed by atoms with Crippen LogP contribution in [0.2, 0.25) is 0 Å². The van der Waals surface area contributed by atoms with Crippen molar-refractivity contribution in [2.24, 2.45) is 0 Å². The molecule has 0 aliphatic carbocycles. The number of benzene rings is 2. The molecule has 7 nitrogen and oxygen atoms in total. The molecule has 0 radical (unpaired) electrons. The van der Waals surface area contributed by atoms with Crippen LogP contribution in [0.1, 0.15) is 73.2 Å². The van der Waals surface area contributed by atoms with Crippen molar-refractivity contribution >= 4 is 23.6 Å². The highest BCUT2D eigenvalue weighted by Gasteiger charge is 2.35. The normalized spacial score (nSPS) is 14.0. The summed E-state index contributed by atoms with van der Waals surface area (Å²) in [6.45, 7) is 8.21. The van der Waals surface area contributed by atoms with E-state index in [1.54, 1.807) is 29.2 Å². The summed E-state index contributed by atoms with van der Waals surface area (Å²) < 4.78 is 0. The highest BCUT2D eigenvalue weighted by molar-refractivity contribution is 6.21. The Bertz CT molecular complexity index is 1040. The third kappa shape index (κ3) is 6.56. The van der Waals surface area contributed by atoms with Gasteiger partial charge in [0.1, 0.15) is 6.04 Å². The summed E-state index contributed by atoms with van der Waals surface area (Å²) in [6.07, 6.45) is 1.59. The van der Waals surface area contributed by atoms with Crippen LogP contribution in [0.5, 0.6) is 0 Å². The van der Waals surface area contributed by atoms with Crippen LogP contribution in [0, 0.1) is 0 Å². The van der Waals surface area contributed by atoms with E-state index in [4.69, 9.17) is 0 Å². The monoisotopic (exact) mass is 477 g/mol. The Hall–Kier alpha value is -3.48. The van der Waals surface area contributed by atoms with E-state index in [1.165, 1.54) is 4.90 Å². The molecule has 1 atom stereocenters. The van der Waals surface area contributed by atoms with Crippen LogP contribution in [0.3, 0.4) is 0 Å². The average molecular weight is 478 g/mol. The molecule has 35 heavy (non-hydrogen) atoms. The molecule has 2 aromatic rings. The first-order valence-corrected chi connectivity index (χ1v) is 12.2. The zero-order valence-corrected chi connectivity index (χ0v) is 21.0. The van der Waals surface area contributed by atoms with Gasteiger partial charge in [0.25, 0.3) is 11.8 Å². The first kappa shape index (κ1) is 26.1. The molecule has 7 heteroatoms. The van der Waals surface area contributed by atoms with Gasteiger partial charge in [0.05, 0.1) is 11.1 Å². The van der Waals surface area contributed by atoms with Crippen LogP contribution in [-0.2, 0) is 16.0 Å². The molecule has 0 aromatic heterocycles. The number of hydrogen-bond acceptors (Lipinski definition) is 4. The number of fused-ring (bicyclic) bond motifs is 1. The summed E-state index contributed by atoms with van der Waals surface area (Å²) >= 11 is 0. The Labute approximate surface area is 207 Å². The molecule has 2 aromatic carbocycles. The second-order valence-electron chi connectivity index (χ2n) is 9.90. The zero-order valence-electron chi connectivity index (χ0n) is 21.0. The zero-order chi connectivity index (χ0) is 25.6. The highest BCUT2D eigenvalue weighted by atomic mass is 16.2. The number of imide groups is 1. The molecule has 0 fully saturated rings. The fraction of sp³-hybridized carbons (Fsp3) is 0.429. The number of carbonyl (C=O) groups excluding carboxylic acids is 4. The molecule has 186 valence electrons. The number of carbonyl (C=O) groups is 4. The van der Waals surface area contributed by atoms with Crippen molar-refractivity contribution in [1.82, 2.24) is 15.1 Å². The van der Waals surface area contributed by atoms with Gasteiger partial charge < -0.3 is 10.2 Å². The first-order valence-electron chi connectivity index (χ1n) is 12.2. The Kier molecular flexibility index (Phi) is 8.43. The van der Waals surface area contributed by atoms with Gasteiger partial charge in [-0.1, -0.05) is 49.4 Å². The van der Waals surface area contributed by atoms with Gasteiger partial charge >= 0.3 is 0 Å². The van der Waals surface area contributed by atoms with E-state index in [2.05, 4.69) is 5.32 Å². The Balaban J connectivity index is 1.68. The van der Waals surface area contributed by atoms with E-state index in [0.717, 1.165) is 5.56 Å². The van der Waals surface area contributed by atoms with Crippen LogP contribution in [-0.4, -0.2) is 58.1 Å². The summed E-state index contributed by atoms with van der Waals surface area (Å²) in [5, 5.41) is 3.00. The number of nitrogens with one attached hydrogen (secondary N) is 1. The number of rotatable bonds is 10. The Morgan fingerprint density at radius 1 is 0.943 bits per heavy atom. The Morgan fingerprint density at radius 2 is 1.51 bits per heavy atom. The number of hydrogen-bond donors (Lipinski definition) is 1. The van der Waals surface area contributed by atoms with Gasteiger partial charge in [-0.3, -0.25) is 24.1 Å². The third-order valence-electron chi connectivity index (χ3n) is 6.02. The fourth-order valence-electron chi connectivity index (χ4n) is 4.32. The molecule has 4 amide bonds. The molecule has 0 spiro atoms. The molecule has 0 bridgehead atoms. The smallest absolute Gasteiger partial charge is 0.261 e.